The predicted molar refractivity (Wildman–Crippen MR) is 72.3 cm³/mol. The molecule has 0 aromatic heterocycles. The van der Waals surface area contributed by atoms with Gasteiger partial charge in [-0.3, -0.25) is 0 Å². The zero-order valence-corrected chi connectivity index (χ0v) is 12.6. The van der Waals surface area contributed by atoms with Crippen LogP contribution in [0.15, 0.2) is 23.1 Å². The first-order valence-electron chi connectivity index (χ1n) is 6.39. The molecule has 0 saturated carbocycles. The molecular formula is C13H18F3NO3S. The summed E-state index contributed by atoms with van der Waals surface area (Å²) in [5, 5.41) is 8.70. The van der Waals surface area contributed by atoms with Crippen LogP contribution in [-0.4, -0.2) is 26.2 Å². The monoisotopic (exact) mass is 325 g/mol. The van der Waals surface area contributed by atoms with Crippen molar-refractivity contribution < 1.29 is 26.7 Å². The molecule has 0 radical (unpaired) electrons. The maximum atomic E-state index is 12.7. The number of sulfonamides is 1. The van der Waals surface area contributed by atoms with Crippen molar-refractivity contribution in [3.63, 3.8) is 0 Å². The third-order valence-electron chi connectivity index (χ3n) is 2.96. The van der Waals surface area contributed by atoms with Crippen molar-refractivity contribution in [2.24, 2.45) is 0 Å². The number of hydrogen-bond donors (Lipinski definition) is 2. The van der Waals surface area contributed by atoms with Crippen molar-refractivity contribution in [3.05, 3.63) is 29.3 Å². The minimum atomic E-state index is -4.60. The average molecular weight is 325 g/mol. The zero-order chi connectivity index (χ0) is 16.3. The summed E-state index contributed by atoms with van der Waals surface area (Å²) < 4.78 is 64.7. The van der Waals surface area contributed by atoms with Gasteiger partial charge in [-0.2, -0.15) is 13.2 Å². The summed E-state index contributed by atoms with van der Waals surface area (Å²) in [5.41, 5.74) is -0.763. The number of halogens is 3. The lowest BCUT2D eigenvalue weighted by molar-refractivity contribution is -0.137. The maximum absolute atomic E-state index is 12.7. The molecule has 1 aromatic carbocycles. The highest BCUT2D eigenvalue weighted by molar-refractivity contribution is 7.89. The van der Waals surface area contributed by atoms with E-state index in [0.717, 1.165) is 12.1 Å². The van der Waals surface area contributed by atoms with E-state index in [0.29, 0.717) is 18.9 Å². The van der Waals surface area contributed by atoms with E-state index in [4.69, 9.17) is 5.11 Å². The molecule has 1 aromatic rings. The Kier molecular flexibility index (Phi) is 5.77. The molecule has 0 bridgehead atoms. The van der Waals surface area contributed by atoms with Gasteiger partial charge in [-0.25, -0.2) is 13.1 Å². The van der Waals surface area contributed by atoms with Crippen LogP contribution in [0.2, 0.25) is 0 Å². The van der Waals surface area contributed by atoms with Crippen LogP contribution in [0.1, 0.15) is 30.9 Å². The zero-order valence-electron chi connectivity index (χ0n) is 11.7. The molecule has 8 heteroatoms. The molecule has 21 heavy (non-hydrogen) atoms. The van der Waals surface area contributed by atoms with E-state index in [1.165, 1.54) is 6.92 Å². The van der Waals surface area contributed by atoms with Crippen molar-refractivity contribution in [1.29, 1.82) is 0 Å². The summed E-state index contributed by atoms with van der Waals surface area (Å²) >= 11 is 0. The lowest BCUT2D eigenvalue weighted by Gasteiger charge is -2.16. The van der Waals surface area contributed by atoms with Crippen molar-refractivity contribution in [2.45, 2.75) is 43.8 Å². The average Bonchev–Trinajstić information content (AvgIpc) is 2.34. The standard InChI is InChI=1S/C13H18F3NO3S/c1-9-5-6-11(13(14,15)16)8-12(9)21(19,20)17-10(2)4-3-7-18/h5-6,8,10,17-18H,3-4,7H2,1-2H3. The van der Waals surface area contributed by atoms with Crippen molar-refractivity contribution in [2.75, 3.05) is 6.61 Å². The minimum absolute atomic E-state index is 0.0747. The highest BCUT2D eigenvalue weighted by atomic mass is 32.2. The maximum Gasteiger partial charge on any atom is 0.416 e. The molecule has 0 fully saturated rings. The Morgan fingerprint density at radius 3 is 2.48 bits per heavy atom. The van der Waals surface area contributed by atoms with Gasteiger partial charge in [0.25, 0.3) is 0 Å². The number of alkyl halides is 3. The fraction of sp³-hybridized carbons (Fsp3) is 0.538. The third kappa shape index (κ3) is 4.98. The van der Waals surface area contributed by atoms with Crippen LogP contribution in [0.5, 0.6) is 0 Å². The number of nitrogens with one attached hydrogen (secondary N) is 1. The van der Waals surface area contributed by atoms with E-state index in [9.17, 15) is 21.6 Å². The van der Waals surface area contributed by atoms with Gasteiger partial charge >= 0.3 is 6.18 Å². The lowest BCUT2D eigenvalue weighted by atomic mass is 10.1. The van der Waals surface area contributed by atoms with E-state index in [2.05, 4.69) is 4.72 Å². The number of rotatable bonds is 6. The predicted octanol–water partition coefficient (Wildman–Crippen LogP) is 2.45. The van der Waals surface area contributed by atoms with E-state index in [1.807, 2.05) is 0 Å². The highest BCUT2D eigenvalue weighted by Gasteiger charge is 2.32. The van der Waals surface area contributed by atoms with Gasteiger partial charge in [0.15, 0.2) is 0 Å². The summed E-state index contributed by atoms with van der Waals surface area (Å²) in [6.07, 6.45) is -3.79. The van der Waals surface area contributed by atoms with Gasteiger partial charge in [-0.05, 0) is 44.4 Å². The fourth-order valence-corrected chi connectivity index (χ4v) is 3.40. The molecule has 120 valence electrons. The summed E-state index contributed by atoms with van der Waals surface area (Å²) in [7, 11) is -4.04. The van der Waals surface area contributed by atoms with Crippen LogP contribution in [0, 0.1) is 6.92 Å². The molecule has 0 aliphatic carbocycles. The van der Waals surface area contributed by atoms with Crippen LogP contribution < -0.4 is 4.72 Å². The minimum Gasteiger partial charge on any atom is -0.396 e. The Morgan fingerprint density at radius 1 is 1.33 bits per heavy atom. The molecule has 1 unspecified atom stereocenters. The Bertz CT molecular complexity index is 585. The van der Waals surface area contributed by atoms with Crippen molar-refractivity contribution in [1.82, 2.24) is 4.72 Å². The van der Waals surface area contributed by atoms with E-state index >= 15 is 0 Å². The molecule has 0 spiro atoms. The number of aryl methyl sites for hydroxylation is 1. The van der Waals surface area contributed by atoms with Gasteiger partial charge in [0.1, 0.15) is 0 Å². The third-order valence-corrected chi connectivity index (χ3v) is 4.69. The van der Waals surface area contributed by atoms with Gasteiger partial charge in [-0.1, -0.05) is 6.07 Å². The van der Waals surface area contributed by atoms with E-state index in [-0.39, 0.29) is 17.1 Å². The second-order valence-corrected chi connectivity index (χ2v) is 6.55. The molecule has 0 aliphatic rings. The Balaban J connectivity index is 3.08. The molecule has 1 rings (SSSR count). The molecule has 0 amide bonds. The Morgan fingerprint density at radius 2 is 1.95 bits per heavy atom. The van der Waals surface area contributed by atoms with Gasteiger partial charge in [-0.15, -0.1) is 0 Å². The molecule has 1 atom stereocenters. The molecular weight excluding hydrogens is 307 g/mol. The topological polar surface area (TPSA) is 66.4 Å². The molecule has 2 N–H and O–H groups in total. The van der Waals surface area contributed by atoms with Gasteiger partial charge in [0.2, 0.25) is 10.0 Å². The van der Waals surface area contributed by atoms with Gasteiger partial charge in [0, 0.05) is 12.6 Å². The number of aliphatic hydroxyl groups is 1. The molecule has 4 nitrogen and oxygen atoms in total. The summed E-state index contributed by atoms with van der Waals surface area (Å²) in [6.45, 7) is 2.96. The van der Waals surface area contributed by atoms with Crippen LogP contribution in [0.4, 0.5) is 13.2 Å². The quantitative estimate of drug-likeness (QED) is 0.844. The molecule has 0 aliphatic heterocycles. The van der Waals surface area contributed by atoms with Gasteiger partial charge < -0.3 is 5.11 Å². The second kappa shape index (κ2) is 6.76. The van der Waals surface area contributed by atoms with Crippen molar-refractivity contribution in [3.8, 4) is 0 Å². The molecule has 0 heterocycles. The van der Waals surface area contributed by atoms with Crippen molar-refractivity contribution >= 4 is 10.0 Å². The van der Waals surface area contributed by atoms with Gasteiger partial charge in [0.05, 0.1) is 10.5 Å². The summed E-state index contributed by atoms with van der Waals surface area (Å²) in [5.74, 6) is 0. The first kappa shape index (κ1) is 17.9. The number of benzene rings is 1. The van der Waals surface area contributed by atoms with E-state index in [1.54, 1.807) is 6.92 Å². The van der Waals surface area contributed by atoms with Crippen LogP contribution >= 0.6 is 0 Å². The van der Waals surface area contributed by atoms with E-state index < -0.39 is 27.8 Å². The number of hydrogen-bond acceptors (Lipinski definition) is 3. The largest absolute Gasteiger partial charge is 0.416 e. The van der Waals surface area contributed by atoms with Crippen LogP contribution in [0.3, 0.4) is 0 Å². The van der Waals surface area contributed by atoms with Crippen LogP contribution in [0.25, 0.3) is 0 Å². The fourth-order valence-electron chi connectivity index (χ4n) is 1.85. The summed E-state index contributed by atoms with van der Waals surface area (Å²) in [4.78, 5) is -0.381. The normalized spacial score (nSPS) is 14.2. The highest BCUT2D eigenvalue weighted by Crippen LogP contribution is 2.31. The lowest BCUT2D eigenvalue weighted by Crippen LogP contribution is -2.33. The first-order valence-corrected chi connectivity index (χ1v) is 7.87. The second-order valence-electron chi connectivity index (χ2n) is 4.87. The summed E-state index contributed by atoms with van der Waals surface area (Å²) in [6, 6.07) is 2.14. The smallest absolute Gasteiger partial charge is 0.396 e. The first-order chi connectivity index (χ1) is 9.58. The number of aliphatic hydroxyl groups excluding tert-OH is 1. The molecule has 0 saturated heterocycles. The Labute approximate surface area is 122 Å². The van der Waals surface area contributed by atoms with Crippen LogP contribution in [-0.2, 0) is 16.2 Å². The Hall–Kier alpha value is -1.12. The SMILES string of the molecule is Cc1ccc(C(F)(F)F)cc1S(=O)(=O)NC(C)CCCO.